The van der Waals surface area contributed by atoms with Crippen molar-refractivity contribution >= 4 is 28.6 Å². The zero-order valence-electron chi connectivity index (χ0n) is 12.8. The minimum absolute atomic E-state index is 0.0175. The molecule has 0 aromatic carbocycles. The average Bonchev–Trinajstić information content (AvgIpc) is 3.26. The molecule has 2 aromatic rings. The Balaban J connectivity index is 1.46. The lowest BCUT2D eigenvalue weighted by Gasteiger charge is -2.32. The lowest BCUT2D eigenvalue weighted by atomic mass is 10.1. The van der Waals surface area contributed by atoms with Crippen molar-refractivity contribution in [3.8, 4) is 0 Å². The molecule has 23 heavy (non-hydrogen) atoms. The van der Waals surface area contributed by atoms with E-state index in [1.165, 1.54) is 4.88 Å². The van der Waals surface area contributed by atoms with Crippen molar-refractivity contribution in [3.63, 3.8) is 0 Å². The van der Waals surface area contributed by atoms with Gasteiger partial charge in [0.05, 0.1) is 36.6 Å². The Morgan fingerprint density at radius 1 is 1.52 bits per heavy atom. The molecule has 1 N–H and O–H groups in total. The summed E-state index contributed by atoms with van der Waals surface area (Å²) in [6.07, 6.45) is 2.05. The summed E-state index contributed by atoms with van der Waals surface area (Å²) in [5.41, 5.74) is 2.73. The summed E-state index contributed by atoms with van der Waals surface area (Å²) in [5, 5.41) is 7.07. The molecular formula is C16H20N2O3S2. The van der Waals surface area contributed by atoms with E-state index in [1.807, 2.05) is 16.8 Å². The zero-order valence-corrected chi connectivity index (χ0v) is 14.4. The first-order valence-electron chi connectivity index (χ1n) is 7.69. The van der Waals surface area contributed by atoms with Crippen LogP contribution in [-0.2, 0) is 27.3 Å². The molecular weight excluding hydrogens is 332 g/mol. The number of amides is 1. The molecule has 0 saturated carbocycles. The average molecular weight is 352 g/mol. The first kappa shape index (κ1) is 16.6. The molecule has 7 heteroatoms. The monoisotopic (exact) mass is 352 g/mol. The fourth-order valence-electron chi connectivity index (χ4n) is 2.52. The lowest BCUT2D eigenvalue weighted by molar-refractivity contribution is -0.126. The molecule has 5 nitrogen and oxygen atoms in total. The van der Waals surface area contributed by atoms with Crippen LogP contribution in [0.3, 0.4) is 0 Å². The summed E-state index contributed by atoms with van der Waals surface area (Å²) < 4.78 is 11.4. The van der Waals surface area contributed by atoms with Crippen molar-refractivity contribution in [1.29, 1.82) is 0 Å². The molecule has 0 unspecified atom stereocenters. The number of hydrogen-bond donors (Lipinski definition) is 1. The number of hydrogen-bond acceptors (Lipinski definition) is 6. The Labute approximate surface area is 143 Å². The number of rotatable bonds is 7. The maximum Gasteiger partial charge on any atom is 0.220 e. The van der Waals surface area contributed by atoms with Crippen LogP contribution in [0.1, 0.15) is 23.4 Å². The Kier molecular flexibility index (Phi) is 6.15. The van der Waals surface area contributed by atoms with Crippen LogP contribution in [0.2, 0.25) is 0 Å². The second kappa shape index (κ2) is 8.54. The van der Waals surface area contributed by atoms with Gasteiger partial charge in [-0.05, 0) is 24.3 Å². The van der Waals surface area contributed by atoms with Crippen LogP contribution in [0.15, 0.2) is 28.4 Å². The molecule has 3 rings (SSSR count). The second-order valence-corrected chi connectivity index (χ2v) is 7.20. The summed E-state index contributed by atoms with van der Waals surface area (Å²) in [7, 11) is 0. The van der Waals surface area contributed by atoms with Gasteiger partial charge in [0.25, 0.3) is 0 Å². The summed E-state index contributed by atoms with van der Waals surface area (Å²) in [6.45, 7) is 1.66. The van der Waals surface area contributed by atoms with Gasteiger partial charge in [0.1, 0.15) is 0 Å². The Morgan fingerprint density at radius 2 is 2.48 bits per heavy atom. The molecule has 0 radical (unpaired) electrons. The molecule has 1 saturated heterocycles. The molecule has 2 atom stereocenters. The Morgan fingerprint density at radius 3 is 3.26 bits per heavy atom. The quantitative estimate of drug-likeness (QED) is 0.832. The SMILES string of the molecule is O=C(CCc1cccs1)N[C@@H]1COCC[C@@H]1OCc1cscn1. The number of thiazole rings is 1. The second-order valence-electron chi connectivity index (χ2n) is 5.45. The van der Waals surface area contributed by atoms with E-state index in [1.54, 1.807) is 28.2 Å². The number of aryl methyl sites for hydroxylation is 1. The van der Waals surface area contributed by atoms with E-state index in [0.29, 0.717) is 26.2 Å². The van der Waals surface area contributed by atoms with Gasteiger partial charge in [-0.25, -0.2) is 4.98 Å². The van der Waals surface area contributed by atoms with Gasteiger partial charge in [-0.1, -0.05) is 6.07 Å². The zero-order chi connectivity index (χ0) is 15.9. The van der Waals surface area contributed by atoms with Gasteiger partial charge in [-0.3, -0.25) is 4.79 Å². The number of nitrogens with zero attached hydrogens (tertiary/aromatic N) is 1. The highest BCUT2D eigenvalue weighted by Gasteiger charge is 2.28. The van der Waals surface area contributed by atoms with Gasteiger partial charge >= 0.3 is 0 Å². The molecule has 1 aliphatic rings. The van der Waals surface area contributed by atoms with Crippen LogP contribution in [0.4, 0.5) is 0 Å². The van der Waals surface area contributed by atoms with E-state index in [4.69, 9.17) is 9.47 Å². The van der Waals surface area contributed by atoms with Gasteiger partial charge in [0, 0.05) is 23.3 Å². The smallest absolute Gasteiger partial charge is 0.220 e. The summed E-state index contributed by atoms with van der Waals surface area (Å²) in [4.78, 5) is 17.6. The van der Waals surface area contributed by atoms with Crippen LogP contribution >= 0.6 is 22.7 Å². The van der Waals surface area contributed by atoms with Crippen LogP contribution in [0, 0.1) is 0 Å². The predicted molar refractivity (Wildman–Crippen MR) is 90.7 cm³/mol. The Bertz CT molecular complexity index is 587. The standard InChI is InChI=1S/C16H20N2O3S2/c19-16(4-3-13-2-1-7-23-13)18-14-9-20-6-5-15(14)21-8-12-10-22-11-17-12/h1-2,7,10-11,14-15H,3-6,8-9H2,(H,18,19)/t14-,15+/m1/s1. The molecule has 2 aromatic heterocycles. The molecule has 0 spiro atoms. The van der Waals surface area contributed by atoms with Gasteiger partial charge in [-0.2, -0.15) is 0 Å². The molecule has 1 aliphatic heterocycles. The van der Waals surface area contributed by atoms with E-state index >= 15 is 0 Å². The van der Waals surface area contributed by atoms with Crippen molar-refractivity contribution in [2.75, 3.05) is 13.2 Å². The van der Waals surface area contributed by atoms with Crippen molar-refractivity contribution in [3.05, 3.63) is 39.0 Å². The molecule has 0 aliphatic carbocycles. The molecule has 3 heterocycles. The van der Waals surface area contributed by atoms with E-state index < -0.39 is 0 Å². The van der Waals surface area contributed by atoms with Gasteiger partial charge in [0.15, 0.2) is 0 Å². The van der Waals surface area contributed by atoms with Gasteiger partial charge in [0.2, 0.25) is 5.91 Å². The van der Waals surface area contributed by atoms with E-state index in [0.717, 1.165) is 18.5 Å². The number of aromatic nitrogens is 1. The van der Waals surface area contributed by atoms with Crippen LogP contribution < -0.4 is 5.32 Å². The summed E-state index contributed by atoms with van der Waals surface area (Å²) in [6, 6.07) is 3.98. The van der Waals surface area contributed by atoms with Crippen molar-refractivity contribution in [2.45, 2.75) is 38.0 Å². The third-order valence-electron chi connectivity index (χ3n) is 3.75. The minimum atomic E-state index is -0.0850. The Hall–Kier alpha value is -1.28. The molecule has 0 bridgehead atoms. The third kappa shape index (κ3) is 5.10. The summed E-state index contributed by atoms with van der Waals surface area (Å²) >= 11 is 3.24. The maximum atomic E-state index is 12.2. The normalized spacial score (nSPS) is 21.2. The number of carbonyl (C=O) groups is 1. The lowest BCUT2D eigenvalue weighted by Crippen LogP contribution is -2.50. The number of nitrogens with one attached hydrogen (secondary N) is 1. The number of thiophene rings is 1. The van der Waals surface area contributed by atoms with E-state index in [2.05, 4.69) is 16.4 Å². The van der Waals surface area contributed by atoms with Crippen LogP contribution in [0.25, 0.3) is 0 Å². The van der Waals surface area contributed by atoms with E-state index in [-0.39, 0.29) is 18.1 Å². The van der Waals surface area contributed by atoms with Gasteiger partial charge in [-0.15, -0.1) is 22.7 Å². The van der Waals surface area contributed by atoms with Crippen LogP contribution in [-0.4, -0.2) is 36.3 Å². The van der Waals surface area contributed by atoms with Crippen LogP contribution in [0.5, 0.6) is 0 Å². The highest BCUT2D eigenvalue weighted by Crippen LogP contribution is 2.16. The molecule has 1 amide bonds. The highest BCUT2D eigenvalue weighted by molar-refractivity contribution is 7.09. The highest BCUT2D eigenvalue weighted by atomic mass is 32.1. The fourth-order valence-corrected chi connectivity index (χ4v) is 3.78. The van der Waals surface area contributed by atoms with Gasteiger partial charge < -0.3 is 14.8 Å². The first-order chi connectivity index (χ1) is 11.3. The number of ether oxygens (including phenoxy) is 2. The molecule has 1 fully saturated rings. The van der Waals surface area contributed by atoms with Crippen molar-refractivity contribution in [2.24, 2.45) is 0 Å². The maximum absolute atomic E-state index is 12.2. The fraction of sp³-hybridized carbons (Fsp3) is 0.500. The van der Waals surface area contributed by atoms with Crippen molar-refractivity contribution < 1.29 is 14.3 Å². The first-order valence-corrected chi connectivity index (χ1v) is 9.51. The van der Waals surface area contributed by atoms with E-state index in [9.17, 15) is 4.79 Å². The third-order valence-corrected chi connectivity index (χ3v) is 5.32. The molecule has 124 valence electrons. The minimum Gasteiger partial charge on any atom is -0.379 e. The largest absolute Gasteiger partial charge is 0.379 e. The van der Waals surface area contributed by atoms with Crippen molar-refractivity contribution in [1.82, 2.24) is 10.3 Å². The predicted octanol–water partition coefficient (Wildman–Crippen LogP) is 2.63. The topological polar surface area (TPSA) is 60.5 Å². The summed E-state index contributed by atoms with van der Waals surface area (Å²) in [5.74, 6) is 0.0520. The number of carbonyl (C=O) groups excluding carboxylic acids is 1.